The first kappa shape index (κ1) is 15.5. The van der Waals surface area contributed by atoms with Gasteiger partial charge < -0.3 is 0 Å². The van der Waals surface area contributed by atoms with Gasteiger partial charge in [0.1, 0.15) is 0 Å². The van der Waals surface area contributed by atoms with Gasteiger partial charge in [0.15, 0.2) is 0 Å². The fourth-order valence-electron chi connectivity index (χ4n) is 2.50. The van der Waals surface area contributed by atoms with Crippen LogP contribution in [0.1, 0.15) is 46.1 Å². The van der Waals surface area contributed by atoms with Crippen LogP contribution in [0.5, 0.6) is 0 Å². The SMILES string of the molecule is CC1CCN(S(=O)(=O)c2ccc(C(C)(C)C)cc2)CC1. The van der Waals surface area contributed by atoms with Gasteiger partial charge in [0, 0.05) is 13.1 Å². The predicted molar refractivity (Wildman–Crippen MR) is 82.3 cm³/mol. The summed E-state index contributed by atoms with van der Waals surface area (Å²) in [5, 5.41) is 0. The van der Waals surface area contributed by atoms with Crippen molar-refractivity contribution in [2.45, 2.75) is 50.8 Å². The Hall–Kier alpha value is -0.870. The molecule has 1 aromatic carbocycles. The maximum absolute atomic E-state index is 12.6. The molecule has 0 unspecified atom stereocenters. The first-order valence-corrected chi connectivity index (χ1v) is 8.76. The van der Waals surface area contributed by atoms with Crippen LogP contribution < -0.4 is 0 Å². The molecular formula is C16H25NO2S. The Balaban J connectivity index is 2.22. The molecule has 0 bridgehead atoms. The van der Waals surface area contributed by atoms with Crippen molar-refractivity contribution in [1.29, 1.82) is 0 Å². The Labute approximate surface area is 123 Å². The summed E-state index contributed by atoms with van der Waals surface area (Å²) in [5.41, 5.74) is 1.20. The molecule has 112 valence electrons. The molecule has 20 heavy (non-hydrogen) atoms. The molecule has 1 heterocycles. The number of piperidine rings is 1. The summed E-state index contributed by atoms with van der Waals surface area (Å²) in [5.74, 6) is 0.629. The van der Waals surface area contributed by atoms with Crippen molar-refractivity contribution in [3.63, 3.8) is 0 Å². The summed E-state index contributed by atoms with van der Waals surface area (Å²) in [6.45, 7) is 9.85. The summed E-state index contributed by atoms with van der Waals surface area (Å²) in [7, 11) is -3.31. The molecule has 0 N–H and O–H groups in total. The van der Waals surface area contributed by atoms with Crippen molar-refractivity contribution in [3.8, 4) is 0 Å². The normalized spacial score (nSPS) is 19.2. The quantitative estimate of drug-likeness (QED) is 0.838. The highest BCUT2D eigenvalue weighted by molar-refractivity contribution is 7.89. The molecule has 0 saturated carbocycles. The Kier molecular flexibility index (Phi) is 4.26. The average Bonchev–Trinajstić information content (AvgIpc) is 2.38. The average molecular weight is 295 g/mol. The van der Waals surface area contributed by atoms with E-state index in [1.165, 1.54) is 0 Å². The van der Waals surface area contributed by atoms with Gasteiger partial charge in [-0.2, -0.15) is 4.31 Å². The summed E-state index contributed by atoms with van der Waals surface area (Å²) < 4.78 is 26.8. The van der Waals surface area contributed by atoms with E-state index >= 15 is 0 Å². The monoisotopic (exact) mass is 295 g/mol. The van der Waals surface area contributed by atoms with E-state index in [9.17, 15) is 8.42 Å². The van der Waals surface area contributed by atoms with Gasteiger partial charge in [-0.15, -0.1) is 0 Å². The first-order valence-electron chi connectivity index (χ1n) is 7.32. The lowest BCUT2D eigenvalue weighted by molar-refractivity contribution is 0.288. The second kappa shape index (κ2) is 5.49. The molecule has 1 aliphatic heterocycles. The maximum atomic E-state index is 12.6. The number of hydrogen-bond acceptors (Lipinski definition) is 2. The van der Waals surface area contributed by atoms with Crippen molar-refractivity contribution in [1.82, 2.24) is 4.31 Å². The van der Waals surface area contributed by atoms with E-state index in [0.717, 1.165) is 18.4 Å². The third-order valence-corrected chi connectivity index (χ3v) is 6.01. The van der Waals surface area contributed by atoms with Crippen LogP contribution >= 0.6 is 0 Å². The summed E-state index contributed by atoms with van der Waals surface area (Å²) >= 11 is 0. The molecule has 3 nitrogen and oxygen atoms in total. The van der Waals surface area contributed by atoms with E-state index in [2.05, 4.69) is 27.7 Å². The minimum absolute atomic E-state index is 0.0445. The zero-order valence-corrected chi connectivity index (χ0v) is 13.7. The number of hydrogen-bond donors (Lipinski definition) is 0. The van der Waals surface area contributed by atoms with E-state index in [-0.39, 0.29) is 5.41 Å². The Morgan fingerprint density at radius 3 is 2.00 bits per heavy atom. The molecule has 4 heteroatoms. The van der Waals surface area contributed by atoms with Gasteiger partial charge in [0.05, 0.1) is 4.90 Å². The van der Waals surface area contributed by atoms with Crippen LogP contribution in [0.2, 0.25) is 0 Å². The molecule has 0 radical (unpaired) electrons. The van der Waals surface area contributed by atoms with E-state index in [0.29, 0.717) is 23.9 Å². The molecular weight excluding hydrogens is 270 g/mol. The molecule has 0 spiro atoms. The second-order valence-electron chi connectivity index (χ2n) is 6.86. The highest BCUT2D eigenvalue weighted by atomic mass is 32.2. The topological polar surface area (TPSA) is 37.4 Å². The Bertz CT molecular complexity index is 547. The van der Waals surface area contributed by atoms with Crippen molar-refractivity contribution in [2.24, 2.45) is 5.92 Å². The lowest BCUT2D eigenvalue weighted by Crippen LogP contribution is -2.37. The highest BCUT2D eigenvalue weighted by Crippen LogP contribution is 2.26. The molecule has 1 fully saturated rings. The fourth-order valence-corrected chi connectivity index (χ4v) is 3.97. The Morgan fingerprint density at radius 2 is 1.55 bits per heavy atom. The van der Waals surface area contributed by atoms with Gasteiger partial charge in [0.25, 0.3) is 0 Å². The molecule has 1 saturated heterocycles. The molecule has 1 aliphatic rings. The molecule has 1 aromatic rings. The molecule has 0 aliphatic carbocycles. The van der Waals surface area contributed by atoms with Crippen molar-refractivity contribution >= 4 is 10.0 Å². The van der Waals surface area contributed by atoms with Gasteiger partial charge in [-0.25, -0.2) is 8.42 Å². The molecule has 0 amide bonds. The van der Waals surface area contributed by atoms with Crippen LogP contribution in [0.4, 0.5) is 0 Å². The number of sulfonamides is 1. The minimum Gasteiger partial charge on any atom is -0.207 e. The lowest BCUT2D eigenvalue weighted by atomic mass is 9.87. The van der Waals surface area contributed by atoms with E-state index < -0.39 is 10.0 Å². The maximum Gasteiger partial charge on any atom is 0.243 e. The molecule has 2 rings (SSSR count). The fraction of sp³-hybridized carbons (Fsp3) is 0.625. The smallest absolute Gasteiger partial charge is 0.207 e. The predicted octanol–water partition coefficient (Wildman–Crippen LogP) is 3.40. The van der Waals surface area contributed by atoms with Crippen LogP contribution in [-0.2, 0) is 15.4 Å². The van der Waals surface area contributed by atoms with Crippen LogP contribution in [-0.4, -0.2) is 25.8 Å². The minimum atomic E-state index is -3.31. The van der Waals surface area contributed by atoms with Crippen molar-refractivity contribution in [3.05, 3.63) is 29.8 Å². The highest BCUT2D eigenvalue weighted by Gasteiger charge is 2.28. The standard InChI is InChI=1S/C16H25NO2S/c1-13-9-11-17(12-10-13)20(18,19)15-7-5-14(6-8-15)16(2,3)4/h5-8,13H,9-12H2,1-4H3. The molecule has 0 atom stereocenters. The van der Waals surface area contributed by atoms with Gasteiger partial charge in [-0.3, -0.25) is 0 Å². The summed E-state index contributed by atoms with van der Waals surface area (Å²) in [4.78, 5) is 0.417. The van der Waals surface area contributed by atoms with Gasteiger partial charge in [0.2, 0.25) is 10.0 Å². The number of rotatable bonds is 2. The first-order chi connectivity index (χ1) is 9.21. The van der Waals surface area contributed by atoms with Crippen molar-refractivity contribution in [2.75, 3.05) is 13.1 Å². The van der Waals surface area contributed by atoms with Gasteiger partial charge in [-0.05, 0) is 41.9 Å². The summed E-state index contributed by atoms with van der Waals surface area (Å²) in [6.07, 6.45) is 1.92. The zero-order valence-electron chi connectivity index (χ0n) is 12.9. The van der Waals surface area contributed by atoms with Gasteiger partial charge in [-0.1, -0.05) is 39.8 Å². The van der Waals surface area contributed by atoms with Crippen molar-refractivity contribution < 1.29 is 8.42 Å². The summed E-state index contributed by atoms with van der Waals surface area (Å²) in [6, 6.07) is 7.35. The van der Waals surface area contributed by atoms with E-state index in [4.69, 9.17) is 0 Å². The van der Waals surface area contributed by atoms with Crippen LogP contribution in [0, 0.1) is 5.92 Å². The van der Waals surface area contributed by atoms with E-state index in [1.54, 1.807) is 16.4 Å². The zero-order chi connectivity index (χ0) is 15.0. The van der Waals surface area contributed by atoms with Crippen LogP contribution in [0.3, 0.4) is 0 Å². The Morgan fingerprint density at radius 1 is 1.05 bits per heavy atom. The van der Waals surface area contributed by atoms with Crippen LogP contribution in [0.15, 0.2) is 29.2 Å². The lowest BCUT2D eigenvalue weighted by Gasteiger charge is -2.29. The van der Waals surface area contributed by atoms with E-state index in [1.807, 2.05) is 12.1 Å². The third-order valence-electron chi connectivity index (χ3n) is 4.10. The number of nitrogens with zero attached hydrogens (tertiary/aromatic N) is 1. The third kappa shape index (κ3) is 3.23. The largest absolute Gasteiger partial charge is 0.243 e. The van der Waals surface area contributed by atoms with Crippen LogP contribution in [0.25, 0.3) is 0 Å². The van der Waals surface area contributed by atoms with Gasteiger partial charge >= 0.3 is 0 Å². The number of benzene rings is 1. The second-order valence-corrected chi connectivity index (χ2v) is 8.80. The molecule has 0 aromatic heterocycles.